The van der Waals surface area contributed by atoms with Gasteiger partial charge in [0.25, 0.3) is 0 Å². The van der Waals surface area contributed by atoms with Crippen LogP contribution in [0.3, 0.4) is 0 Å². The van der Waals surface area contributed by atoms with Crippen LogP contribution in [0.25, 0.3) is 0 Å². The van der Waals surface area contributed by atoms with Crippen molar-refractivity contribution in [1.29, 1.82) is 0 Å². The Bertz CT molecular complexity index is 286. The lowest BCUT2D eigenvalue weighted by molar-refractivity contribution is -0.123. The molecule has 5 heteroatoms. The van der Waals surface area contributed by atoms with Crippen molar-refractivity contribution in [3.8, 4) is 0 Å². The summed E-state index contributed by atoms with van der Waals surface area (Å²) in [6, 6.07) is -0.185. The normalized spacial score (nSPS) is 14.8. The maximum absolute atomic E-state index is 11.5. The fourth-order valence-electron chi connectivity index (χ4n) is 0.980. The van der Waals surface area contributed by atoms with Crippen LogP contribution < -0.4 is 10.6 Å². The van der Waals surface area contributed by atoms with Gasteiger partial charge < -0.3 is 10.6 Å². The first-order valence-corrected chi connectivity index (χ1v) is 5.40. The molecule has 4 nitrogen and oxygen atoms in total. The summed E-state index contributed by atoms with van der Waals surface area (Å²) in [5.41, 5.74) is 0. The van der Waals surface area contributed by atoms with E-state index in [9.17, 15) is 4.79 Å². The minimum atomic E-state index is -0.169. The van der Waals surface area contributed by atoms with Crippen LogP contribution in [0.1, 0.15) is 24.9 Å². The van der Waals surface area contributed by atoms with Gasteiger partial charge in [0.2, 0.25) is 5.91 Å². The molecule has 1 rings (SSSR count). The highest BCUT2D eigenvalue weighted by Crippen LogP contribution is 2.14. The fraction of sp³-hybridized carbons (Fsp3) is 0.556. The number of hydrogen-bond acceptors (Lipinski definition) is 4. The van der Waals surface area contributed by atoms with E-state index in [0.717, 1.165) is 5.01 Å². The van der Waals surface area contributed by atoms with Crippen molar-refractivity contribution in [3.63, 3.8) is 0 Å². The number of likely N-dealkylation sites (N-methyl/N-ethyl adjacent to an activating group) is 1. The molecular formula is C9H15N3OS. The first kappa shape index (κ1) is 11.1. The van der Waals surface area contributed by atoms with Crippen LogP contribution in [0.2, 0.25) is 0 Å². The minimum Gasteiger partial charge on any atom is -0.346 e. The van der Waals surface area contributed by atoms with E-state index >= 15 is 0 Å². The molecule has 0 saturated heterocycles. The predicted octanol–water partition coefficient (Wildman–Crippen LogP) is 0.928. The van der Waals surface area contributed by atoms with Crippen molar-refractivity contribution < 1.29 is 4.79 Å². The number of aromatic nitrogens is 1. The number of hydrogen-bond donors (Lipinski definition) is 2. The van der Waals surface area contributed by atoms with Crippen molar-refractivity contribution in [2.75, 3.05) is 7.05 Å². The van der Waals surface area contributed by atoms with Gasteiger partial charge in [0.1, 0.15) is 5.01 Å². The van der Waals surface area contributed by atoms with Gasteiger partial charge in [0.15, 0.2) is 0 Å². The molecule has 0 aliphatic carbocycles. The highest BCUT2D eigenvalue weighted by atomic mass is 32.1. The smallest absolute Gasteiger partial charge is 0.237 e. The maximum atomic E-state index is 11.5. The van der Waals surface area contributed by atoms with E-state index in [-0.39, 0.29) is 18.0 Å². The fourth-order valence-corrected chi connectivity index (χ4v) is 1.63. The maximum Gasteiger partial charge on any atom is 0.237 e. The molecule has 2 N–H and O–H groups in total. The topological polar surface area (TPSA) is 54.0 Å². The van der Waals surface area contributed by atoms with E-state index in [0.29, 0.717) is 0 Å². The van der Waals surface area contributed by atoms with Crippen molar-refractivity contribution >= 4 is 17.2 Å². The summed E-state index contributed by atoms with van der Waals surface area (Å²) < 4.78 is 0. The largest absolute Gasteiger partial charge is 0.346 e. The highest BCUT2D eigenvalue weighted by molar-refractivity contribution is 7.09. The van der Waals surface area contributed by atoms with Gasteiger partial charge in [0.05, 0.1) is 12.1 Å². The van der Waals surface area contributed by atoms with Crippen LogP contribution in [0.15, 0.2) is 11.6 Å². The van der Waals surface area contributed by atoms with Gasteiger partial charge in [-0.25, -0.2) is 4.98 Å². The average Bonchev–Trinajstić information content (AvgIpc) is 2.69. The second kappa shape index (κ2) is 5.07. The molecule has 0 fully saturated rings. The second-order valence-corrected chi connectivity index (χ2v) is 4.04. The molecule has 1 aromatic heterocycles. The Balaban J connectivity index is 2.49. The number of rotatable bonds is 4. The molecule has 1 amide bonds. The van der Waals surface area contributed by atoms with Gasteiger partial charge in [-0.05, 0) is 20.9 Å². The van der Waals surface area contributed by atoms with E-state index in [4.69, 9.17) is 0 Å². The molecule has 14 heavy (non-hydrogen) atoms. The molecule has 0 aliphatic heterocycles. The van der Waals surface area contributed by atoms with Crippen LogP contribution in [-0.2, 0) is 4.79 Å². The molecule has 0 aliphatic rings. The first-order chi connectivity index (χ1) is 6.65. The SMILES string of the molecule is CNC(C)C(=O)NC(C)c1nccs1. The van der Waals surface area contributed by atoms with E-state index in [1.807, 2.05) is 19.2 Å². The van der Waals surface area contributed by atoms with Gasteiger partial charge in [-0.15, -0.1) is 11.3 Å². The lowest BCUT2D eigenvalue weighted by atomic mass is 10.3. The van der Waals surface area contributed by atoms with E-state index in [2.05, 4.69) is 15.6 Å². The molecule has 1 aromatic rings. The molecule has 0 aromatic carbocycles. The third-order valence-corrected chi connectivity index (χ3v) is 2.97. The van der Waals surface area contributed by atoms with Gasteiger partial charge in [-0.2, -0.15) is 0 Å². The van der Waals surface area contributed by atoms with Crippen LogP contribution in [0, 0.1) is 0 Å². The molecule has 0 radical (unpaired) electrons. The number of carbonyl (C=O) groups is 1. The quantitative estimate of drug-likeness (QED) is 0.782. The van der Waals surface area contributed by atoms with E-state index in [1.165, 1.54) is 0 Å². The number of thiazole rings is 1. The van der Waals surface area contributed by atoms with Gasteiger partial charge in [-0.1, -0.05) is 0 Å². The van der Waals surface area contributed by atoms with Crippen molar-refractivity contribution in [3.05, 3.63) is 16.6 Å². The van der Waals surface area contributed by atoms with Crippen LogP contribution in [0.5, 0.6) is 0 Å². The number of amides is 1. The summed E-state index contributed by atoms with van der Waals surface area (Å²) >= 11 is 1.55. The van der Waals surface area contributed by atoms with Crippen molar-refractivity contribution in [2.24, 2.45) is 0 Å². The molecule has 0 bridgehead atoms. The summed E-state index contributed by atoms with van der Waals surface area (Å²) in [5.74, 6) is -0.00444. The molecule has 0 saturated carbocycles. The Kier molecular flexibility index (Phi) is 4.03. The third kappa shape index (κ3) is 2.78. The summed E-state index contributed by atoms with van der Waals surface area (Å²) in [7, 11) is 1.76. The van der Waals surface area contributed by atoms with Gasteiger partial charge >= 0.3 is 0 Å². The van der Waals surface area contributed by atoms with Gasteiger partial charge in [-0.3, -0.25) is 4.79 Å². The Hall–Kier alpha value is -0.940. The van der Waals surface area contributed by atoms with Crippen molar-refractivity contribution in [1.82, 2.24) is 15.6 Å². The van der Waals surface area contributed by atoms with Crippen LogP contribution in [-0.4, -0.2) is 24.0 Å². The number of nitrogens with one attached hydrogen (secondary N) is 2. The summed E-state index contributed by atoms with van der Waals surface area (Å²) in [6.07, 6.45) is 1.74. The lowest BCUT2D eigenvalue weighted by Gasteiger charge is -2.15. The zero-order valence-corrected chi connectivity index (χ0v) is 9.39. The Labute approximate surface area is 87.7 Å². The van der Waals surface area contributed by atoms with Crippen molar-refractivity contribution in [2.45, 2.75) is 25.9 Å². The van der Waals surface area contributed by atoms with Crippen LogP contribution >= 0.6 is 11.3 Å². The molecule has 0 spiro atoms. The number of carbonyl (C=O) groups excluding carboxylic acids is 1. The zero-order chi connectivity index (χ0) is 10.6. The minimum absolute atomic E-state index is 0.00444. The average molecular weight is 213 g/mol. The molecule has 1 heterocycles. The lowest BCUT2D eigenvalue weighted by Crippen LogP contribution is -2.41. The summed E-state index contributed by atoms with van der Waals surface area (Å²) in [4.78, 5) is 15.6. The zero-order valence-electron chi connectivity index (χ0n) is 8.57. The second-order valence-electron chi connectivity index (χ2n) is 3.11. The monoisotopic (exact) mass is 213 g/mol. The molecule has 2 atom stereocenters. The van der Waals surface area contributed by atoms with E-state index in [1.54, 1.807) is 24.6 Å². The van der Waals surface area contributed by atoms with E-state index < -0.39 is 0 Å². The first-order valence-electron chi connectivity index (χ1n) is 4.52. The molecule has 2 unspecified atom stereocenters. The summed E-state index contributed by atoms with van der Waals surface area (Å²) in [6.45, 7) is 3.75. The third-order valence-electron chi connectivity index (χ3n) is 2.01. The Morgan fingerprint density at radius 2 is 2.29 bits per heavy atom. The highest BCUT2D eigenvalue weighted by Gasteiger charge is 2.15. The summed E-state index contributed by atoms with van der Waals surface area (Å²) in [5, 5.41) is 8.60. The standard InChI is InChI=1S/C9H15N3OS/c1-6(10-3)8(13)12-7(2)9-11-4-5-14-9/h4-7,10H,1-3H3,(H,12,13). The van der Waals surface area contributed by atoms with Gasteiger partial charge in [0, 0.05) is 11.6 Å². The van der Waals surface area contributed by atoms with Crippen LogP contribution in [0.4, 0.5) is 0 Å². The Morgan fingerprint density at radius 3 is 2.79 bits per heavy atom. The molecule has 78 valence electrons. The number of nitrogens with zero attached hydrogens (tertiary/aromatic N) is 1. The Morgan fingerprint density at radius 1 is 1.57 bits per heavy atom. The molecular weight excluding hydrogens is 198 g/mol. The predicted molar refractivity (Wildman–Crippen MR) is 57.2 cm³/mol.